The Labute approximate surface area is 112 Å². The van der Waals surface area contributed by atoms with Crippen molar-refractivity contribution in [2.24, 2.45) is 5.73 Å². The van der Waals surface area contributed by atoms with Gasteiger partial charge in [0.05, 0.1) is 5.69 Å². The molecule has 0 radical (unpaired) electrons. The van der Waals surface area contributed by atoms with Crippen LogP contribution in [0.2, 0.25) is 0 Å². The van der Waals surface area contributed by atoms with Crippen LogP contribution in [0.4, 0.5) is 5.69 Å². The van der Waals surface area contributed by atoms with Gasteiger partial charge in [0.15, 0.2) is 5.82 Å². The molecule has 2 N–H and O–H groups in total. The number of nitrogens with zero attached hydrogens (tertiary/aromatic N) is 5. The van der Waals surface area contributed by atoms with E-state index in [0.29, 0.717) is 13.0 Å². The highest BCUT2D eigenvalue weighted by Gasteiger charge is 2.13. The number of benzene rings is 1. The normalized spacial score (nSPS) is 15.1. The first-order chi connectivity index (χ1) is 9.38. The molecule has 1 saturated heterocycles. The first-order valence-corrected chi connectivity index (χ1v) is 6.71. The van der Waals surface area contributed by atoms with Crippen LogP contribution in [-0.4, -0.2) is 39.8 Å². The summed E-state index contributed by atoms with van der Waals surface area (Å²) in [6.07, 6.45) is 3.26. The molecule has 0 aliphatic carbocycles. The van der Waals surface area contributed by atoms with Crippen LogP contribution in [0.25, 0.3) is 5.69 Å². The molecule has 0 amide bonds. The lowest BCUT2D eigenvalue weighted by Crippen LogP contribution is -2.17. The van der Waals surface area contributed by atoms with E-state index in [1.54, 1.807) is 4.68 Å². The van der Waals surface area contributed by atoms with Crippen LogP contribution in [0, 0.1) is 0 Å². The highest BCUT2D eigenvalue weighted by Crippen LogP contribution is 2.21. The molecule has 19 heavy (non-hydrogen) atoms. The lowest BCUT2D eigenvalue weighted by atomic mass is 10.2. The fourth-order valence-corrected chi connectivity index (χ4v) is 2.47. The molecular weight excluding hydrogens is 240 g/mol. The van der Waals surface area contributed by atoms with E-state index < -0.39 is 0 Å². The van der Waals surface area contributed by atoms with E-state index in [1.165, 1.54) is 18.5 Å². The molecule has 6 heteroatoms. The molecule has 1 aromatic carbocycles. The minimum absolute atomic E-state index is 0.548. The van der Waals surface area contributed by atoms with Crippen LogP contribution in [0.3, 0.4) is 0 Å². The second-order valence-corrected chi connectivity index (χ2v) is 4.76. The van der Waals surface area contributed by atoms with Gasteiger partial charge >= 0.3 is 0 Å². The molecule has 0 unspecified atom stereocenters. The van der Waals surface area contributed by atoms with Crippen molar-refractivity contribution < 1.29 is 0 Å². The summed E-state index contributed by atoms with van der Waals surface area (Å²) in [6.45, 7) is 2.86. The number of anilines is 1. The maximum absolute atomic E-state index is 5.56. The zero-order valence-electron chi connectivity index (χ0n) is 10.9. The van der Waals surface area contributed by atoms with Gasteiger partial charge in [-0.1, -0.05) is 0 Å². The average Bonchev–Trinajstić information content (AvgIpc) is 3.10. The lowest BCUT2D eigenvalue weighted by molar-refractivity contribution is 0.755. The van der Waals surface area contributed by atoms with Crippen LogP contribution < -0.4 is 10.6 Å². The topological polar surface area (TPSA) is 72.9 Å². The number of nitrogens with two attached hydrogens (primary N) is 1. The van der Waals surface area contributed by atoms with Crippen molar-refractivity contribution in [1.82, 2.24) is 20.2 Å². The molecule has 1 aliphatic rings. The van der Waals surface area contributed by atoms with Gasteiger partial charge in [0.2, 0.25) is 0 Å². The van der Waals surface area contributed by atoms with E-state index in [0.717, 1.165) is 24.6 Å². The molecule has 0 bridgehead atoms. The first-order valence-electron chi connectivity index (χ1n) is 6.71. The minimum Gasteiger partial charge on any atom is -0.372 e. The third-order valence-corrected chi connectivity index (χ3v) is 3.47. The smallest absolute Gasteiger partial charge is 0.157 e. The van der Waals surface area contributed by atoms with Crippen LogP contribution in [0.5, 0.6) is 0 Å². The number of aromatic nitrogens is 4. The summed E-state index contributed by atoms with van der Waals surface area (Å²) in [4.78, 5) is 2.41. The predicted octanol–water partition coefficient (Wildman–Crippen LogP) is 0.764. The molecule has 0 spiro atoms. The van der Waals surface area contributed by atoms with Gasteiger partial charge in [0.1, 0.15) is 0 Å². The average molecular weight is 258 g/mol. The van der Waals surface area contributed by atoms with E-state index >= 15 is 0 Å². The summed E-state index contributed by atoms with van der Waals surface area (Å²) in [7, 11) is 0. The number of rotatable bonds is 4. The van der Waals surface area contributed by atoms with Gasteiger partial charge in [-0.05, 0) is 54.1 Å². The van der Waals surface area contributed by atoms with Crippen molar-refractivity contribution in [1.29, 1.82) is 0 Å². The standard InChI is InChI=1S/C13H18N6/c14-8-7-13-15-16-17-19(13)12-5-3-11(4-6-12)18-9-1-2-10-18/h3-6H,1-2,7-10,14H2. The van der Waals surface area contributed by atoms with E-state index in [-0.39, 0.29) is 0 Å². The van der Waals surface area contributed by atoms with Crippen molar-refractivity contribution in [3.8, 4) is 5.69 Å². The highest BCUT2D eigenvalue weighted by atomic mass is 15.5. The van der Waals surface area contributed by atoms with Crippen molar-refractivity contribution in [2.45, 2.75) is 19.3 Å². The summed E-state index contributed by atoms with van der Waals surface area (Å²) in [6, 6.07) is 8.39. The van der Waals surface area contributed by atoms with Gasteiger partial charge in [0, 0.05) is 25.2 Å². The Balaban J connectivity index is 1.83. The SMILES string of the molecule is NCCc1nnnn1-c1ccc(N2CCCC2)cc1. The molecule has 6 nitrogen and oxygen atoms in total. The quantitative estimate of drug-likeness (QED) is 0.876. The second kappa shape index (κ2) is 5.36. The summed E-state index contributed by atoms with van der Waals surface area (Å²) < 4.78 is 1.75. The zero-order valence-corrected chi connectivity index (χ0v) is 10.9. The van der Waals surface area contributed by atoms with E-state index in [2.05, 4.69) is 44.7 Å². The fraction of sp³-hybridized carbons (Fsp3) is 0.462. The fourth-order valence-electron chi connectivity index (χ4n) is 2.47. The molecule has 1 aromatic heterocycles. The third kappa shape index (κ3) is 2.44. The molecule has 100 valence electrons. The number of tetrazole rings is 1. The Morgan fingerprint density at radius 3 is 2.42 bits per heavy atom. The van der Waals surface area contributed by atoms with Gasteiger partial charge in [-0.25, -0.2) is 0 Å². The molecule has 0 saturated carbocycles. The predicted molar refractivity (Wildman–Crippen MR) is 73.4 cm³/mol. The minimum atomic E-state index is 0.548. The second-order valence-electron chi connectivity index (χ2n) is 4.76. The number of hydrogen-bond donors (Lipinski definition) is 1. The molecule has 1 aliphatic heterocycles. The Morgan fingerprint density at radius 2 is 1.74 bits per heavy atom. The molecule has 0 atom stereocenters. The van der Waals surface area contributed by atoms with Gasteiger partial charge in [-0.3, -0.25) is 0 Å². The maximum atomic E-state index is 5.56. The van der Waals surface area contributed by atoms with Gasteiger partial charge < -0.3 is 10.6 Å². The Morgan fingerprint density at radius 1 is 1.05 bits per heavy atom. The van der Waals surface area contributed by atoms with Crippen molar-refractivity contribution in [3.05, 3.63) is 30.1 Å². The van der Waals surface area contributed by atoms with Crippen LogP contribution in [0.15, 0.2) is 24.3 Å². The van der Waals surface area contributed by atoms with Gasteiger partial charge in [-0.2, -0.15) is 4.68 Å². The summed E-state index contributed by atoms with van der Waals surface area (Å²) in [5.41, 5.74) is 7.81. The Kier molecular flexibility index (Phi) is 3.41. The van der Waals surface area contributed by atoms with Crippen molar-refractivity contribution in [3.63, 3.8) is 0 Å². The molecule has 3 rings (SSSR count). The van der Waals surface area contributed by atoms with E-state index in [4.69, 9.17) is 5.73 Å². The van der Waals surface area contributed by atoms with Crippen LogP contribution in [0.1, 0.15) is 18.7 Å². The molecule has 2 heterocycles. The molecule has 1 fully saturated rings. The Bertz CT molecular complexity index is 526. The number of hydrogen-bond acceptors (Lipinski definition) is 5. The summed E-state index contributed by atoms with van der Waals surface area (Å²) >= 11 is 0. The summed E-state index contributed by atoms with van der Waals surface area (Å²) in [5.74, 6) is 0.802. The highest BCUT2D eigenvalue weighted by molar-refractivity contribution is 5.51. The lowest BCUT2D eigenvalue weighted by Gasteiger charge is -2.17. The zero-order chi connectivity index (χ0) is 13.1. The third-order valence-electron chi connectivity index (χ3n) is 3.47. The van der Waals surface area contributed by atoms with Crippen LogP contribution >= 0.6 is 0 Å². The van der Waals surface area contributed by atoms with E-state index in [1.807, 2.05) is 0 Å². The van der Waals surface area contributed by atoms with Crippen molar-refractivity contribution in [2.75, 3.05) is 24.5 Å². The van der Waals surface area contributed by atoms with Gasteiger partial charge in [0.25, 0.3) is 0 Å². The molecule has 2 aromatic rings. The van der Waals surface area contributed by atoms with Crippen molar-refractivity contribution >= 4 is 5.69 Å². The largest absolute Gasteiger partial charge is 0.372 e. The monoisotopic (exact) mass is 258 g/mol. The first kappa shape index (κ1) is 12.1. The summed E-state index contributed by atoms with van der Waals surface area (Å²) in [5, 5.41) is 11.7. The maximum Gasteiger partial charge on any atom is 0.157 e. The van der Waals surface area contributed by atoms with E-state index in [9.17, 15) is 0 Å². The molecular formula is C13H18N6. The Hall–Kier alpha value is -1.95. The van der Waals surface area contributed by atoms with Gasteiger partial charge in [-0.15, -0.1) is 5.10 Å². The van der Waals surface area contributed by atoms with Crippen LogP contribution in [-0.2, 0) is 6.42 Å².